The fourth-order valence-electron chi connectivity index (χ4n) is 5.82. The molecule has 4 rings (SSSR count). The number of fused-ring (bicyclic) bond motifs is 1. The van der Waals surface area contributed by atoms with Crippen molar-refractivity contribution < 1.29 is 9.47 Å². The second-order valence-electron chi connectivity index (χ2n) is 10.5. The van der Waals surface area contributed by atoms with E-state index < -0.39 is 8.07 Å². The second-order valence-corrected chi connectivity index (χ2v) is 16.5. The van der Waals surface area contributed by atoms with Crippen molar-refractivity contribution in [3.8, 4) is 22.9 Å². The van der Waals surface area contributed by atoms with Gasteiger partial charge in [0.05, 0.1) is 42.1 Å². The van der Waals surface area contributed by atoms with E-state index >= 15 is 0 Å². The molecule has 0 unspecified atom stereocenters. The maximum atomic E-state index is 6.54. The lowest BCUT2D eigenvalue weighted by Gasteiger charge is -2.38. The van der Waals surface area contributed by atoms with Gasteiger partial charge in [0.15, 0.2) is 5.82 Å². The van der Waals surface area contributed by atoms with Crippen molar-refractivity contribution in [1.29, 1.82) is 0 Å². The van der Waals surface area contributed by atoms with E-state index in [0.29, 0.717) is 27.4 Å². The number of benzene rings is 2. The monoisotopic (exact) mass is 523 g/mol. The molecule has 0 spiro atoms. The number of hydrogen-bond donors (Lipinski definition) is 0. The lowest BCUT2D eigenvalue weighted by atomic mass is 10.2. The molecule has 0 amide bonds. The molecule has 1 aromatic heterocycles. The van der Waals surface area contributed by atoms with Gasteiger partial charge < -0.3 is 14.4 Å². The summed E-state index contributed by atoms with van der Waals surface area (Å²) in [5.74, 6) is 4.99. The van der Waals surface area contributed by atoms with Crippen molar-refractivity contribution in [2.45, 2.75) is 58.2 Å². The Bertz CT molecular complexity index is 1260. The molecule has 2 heterocycles. The van der Waals surface area contributed by atoms with Gasteiger partial charge in [-0.3, -0.25) is 4.57 Å². The van der Waals surface area contributed by atoms with Crippen molar-refractivity contribution in [3.05, 3.63) is 47.2 Å². The van der Waals surface area contributed by atoms with Gasteiger partial charge in [-0.15, -0.1) is 5.54 Å². The maximum Gasteiger partial charge on any atom is 0.190 e. The van der Waals surface area contributed by atoms with Gasteiger partial charge in [0.1, 0.15) is 13.8 Å². The van der Waals surface area contributed by atoms with Crippen LogP contribution in [0.25, 0.3) is 16.7 Å². The van der Waals surface area contributed by atoms with E-state index in [1.54, 1.807) is 7.11 Å². The number of halogens is 1. The Morgan fingerprint density at radius 2 is 1.58 bits per heavy atom. The zero-order valence-electron chi connectivity index (χ0n) is 22.6. The highest BCUT2D eigenvalue weighted by molar-refractivity contribution is 6.90. The first kappa shape index (κ1) is 26.6. The highest BCUT2D eigenvalue weighted by Gasteiger charge is 2.41. The maximum absolute atomic E-state index is 6.54. The number of morpholine rings is 1. The highest BCUT2D eigenvalue weighted by atomic mass is 35.5. The first-order chi connectivity index (χ1) is 17.2. The van der Waals surface area contributed by atoms with Crippen LogP contribution in [0.4, 0.5) is 5.69 Å². The van der Waals surface area contributed by atoms with E-state index in [1.165, 1.54) is 0 Å². The quantitative estimate of drug-likeness (QED) is 0.255. The molecule has 36 heavy (non-hydrogen) atoms. The van der Waals surface area contributed by atoms with Crippen molar-refractivity contribution in [1.82, 2.24) is 9.55 Å². The van der Waals surface area contributed by atoms with E-state index in [9.17, 15) is 0 Å². The zero-order chi connectivity index (χ0) is 26.0. The van der Waals surface area contributed by atoms with E-state index in [0.717, 1.165) is 54.5 Å². The summed E-state index contributed by atoms with van der Waals surface area (Å²) in [5, 5.41) is 0.566. The predicted octanol–water partition coefficient (Wildman–Crippen LogP) is 7.09. The largest absolute Gasteiger partial charge is 0.495 e. The van der Waals surface area contributed by atoms with Crippen molar-refractivity contribution >= 4 is 36.4 Å². The predicted molar refractivity (Wildman–Crippen MR) is 154 cm³/mol. The minimum absolute atomic E-state index is 0.547. The molecule has 0 radical (unpaired) electrons. The molecule has 3 aromatic rings. The topological polar surface area (TPSA) is 39.5 Å². The molecule has 1 fully saturated rings. The van der Waals surface area contributed by atoms with Crippen LogP contribution in [0.5, 0.6) is 5.75 Å². The Labute approximate surface area is 221 Å². The summed E-state index contributed by atoms with van der Waals surface area (Å²) in [5.41, 5.74) is 9.54. The van der Waals surface area contributed by atoms with Gasteiger partial charge in [-0.25, -0.2) is 4.98 Å². The van der Waals surface area contributed by atoms with Crippen molar-refractivity contribution in [3.63, 3.8) is 0 Å². The van der Waals surface area contributed by atoms with E-state index in [-0.39, 0.29) is 0 Å². The second kappa shape index (κ2) is 10.9. The highest BCUT2D eigenvalue weighted by Crippen LogP contribution is 2.41. The number of anilines is 1. The molecule has 0 bridgehead atoms. The fraction of sp³-hybridized carbons (Fsp3) is 0.483. The number of hydrogen-bond acceptors (Lipinski definition) is 4. The van der Waals surface area contributed by atoms with Crippen LogP contribution in [0, 0.1) is 11.5 Å². The summed E-state index contributed by atoms with van der Waals surface area (Å²) in [4.78, 5) is 7.43. The summed E-state index contributed by atoms with van der Waals surface area (Å²) in [6.45, 7) is 17.3. The van der Waals surface area contributed by atoms with Crippen molar-refractivity contribution in [2.75, 3.05) is 38.3 Å². The van der Waals surface area contributed by atoms with Crippen LogP contribution in [0.3, 0.4) is 0 Å². The number of methoxy groups -OCH3 is 1. The molecule has 0 aliphatic carbocycles. The molecule has 5 nitrogen and oxygen atoms in total. The van der Waals surface area contributed by atoms with Gasteiger partial charge in [-0.05, 0) is 58.9 Å². The molecule has 7 heteroatoms. The Morgan fingerprint density at radius 3 is 2.17 bits per heavy atom. The fourth-order valence-corrected chi connectivity index (χ4v) is 11.3. The van der Waals surface area contributed by atoms with Crippen LogP contribution in [0.15, 0.2) is 36.4 Å². The van der Waals surface area contributed by atoms with Crippen LogP contribution < -0.4 is 9.64 Å². The van der Waals surface area contributed by atoms with E-state index in [1.807, 2.05) is 18.2 Å². The average Bonchev–Trinajstić information content (AvgIpc) is 3.21. The summed E-state index contributed by atoms with van der Waals surface area (Å²) in [7, 11) is -0.299. The normalized spacial score (nSPS) is 14.6. The standard InChI is InChI=1S/C29H38ClN3O2Si/c1-20(2)36(21(3)4,22(5)6)17-12-29-31-26-19-23(32-13-15-35-16-14-32)8-10-27(26)33(29)24-9-11-28(34-7)25(30)18-24/h8-11,18-22H,13-16H2,1-7H3. The van der Waals surface area contributed by atoms with Crippen LogP contribution in [0.1, 0.15) is 47.4 Å². The van der Waals surface area contributed by atoms with Crippen molar-refractivity contribution in [2.24, 2.45) is 0 Å². The molecule has 1 aliphatic heterocycles. The summed E-state index contributed by atoms with van der Waals surface area (Å²) in [6.07, 6.45) is 0. The third-order valence-corrected chi connectivity index (χ3v) is 14.3. The lowest BCUT2D eigenvalue weighted by Crippen LogP contribution is -2.43. The molecule has 2 aromatic carbocycles. The number of nitrogens with zero attached hydrogens (tertiary/aromatic N) is 3. The van der Waals surface area contributed by atoms with Crippen LogP contribution in [-0.2, 0) is 4.74 Å². The number of ether oxygens (including phenoxy) is 2. The minimum Gasteiger partial charge on any atom is -0.495 e. The lowest BCUT2D eigenvalue weighted by molar-refractivity contribution is 0.122. The SMILES string of the molecule is COc1ccc(-n2c(C#C[Si](C(C)C)(C(C)C)C(C)C)nc3cc(N4CCOCC4)ccc32)cc1Cl. The zero-order valence-corrected chi connectivity index (χ0v) is 24.3. The Morgan fingerprint density at radius 1 is 0.944 bits per heavy atom. The molecule has 0 saturated carbocycles. The van der Waals surface area contributed by atoms with Gasteiger partial charge in [-0.1, -0.05) is 53.1 Å². The first-order valence-corrected chi connectivity index (χ1v) is 15.5. The Balaban J connectivity index is 1.91. The van der Waals surface area contributed by atoms with Crippen LogP contribution >= 0.6 is 11.6 Å². The van der Waals surface area contributed by atoms with Gasteiger partial charge >= 0.3 is 0 Å². The molecule has 0 atom stereocenters. The molecule has 192 valence electrons. The molecule has 0 N–H and O–H groups in total. The van der Waals surface area contributed by atoms with Gasteiger partial charge in [0.25, 0.3) is 0 Å². The van der Waals surface area contributed by atoms with Crippen LogP contribution in [-0.4, -0.2) is 51.0 Å². The third kappa shape index (κ3) is 4.89. The molecule has 1 saturated heterocycles. The van der Waals surface area contributed by atoms with E-state index in [2.05, 4.69) is 80.7 Å². The van der Waals surface area contributed by atoms with E-state index in [4.69, 9.17) is 26.1 Å². The number of aromatic nitrogens is 2. The smallest absolute Gasteiger partial charge is 0.190 e. The Kier molecular flexibility index (Phi) is 8.04. The third-order valence-electron chi connectivity index (χ3n) is 7.66. The average molecular weight is 524 g/mol. The molecular formula is C29H38ClN3O2Si. The molecule has 1 aliphatic rings. The van der Waals surface area contributed by atoms with Gasteiger partial charge in [0, 0.05) is 18.8 Å². The summed E-state index contributed by atoms with van der Waals surface area (Å²) >= 11 is 6.54. The first-order valence-electron chi connectivity index (χ1n) is 12.9. The Hall–Kier alpha value is -2.46. The number of imidazole rings is 1. The van der Waals surface area contributed by atoms with Gasteiger partial charge in [0.2, 0.25) is 0 Å². The number of rotatable bonds is 6. The summed E-state index contributed by atoms with van der Waals surface area (Å²) < 4.78 is 13.1. The minimum atomic E-state index is -1.93. The molecular weight excluding hydrogens is 486 g/mol. The van der Waals surface area contributed by atoms with Crippen LogP contribution in [0.2, 0.25) is 21.6 Å². The summed E-state index contributed by atoms with van der Waals surface area (Å²) in [6, 6.07) is 12.3. The van der Waals surface area contributed by atoms with Gasteiger partial charge in [-0.2, -0.15) is 0 Å².